The average molecular weight is 217 g/mol. The number of Topliss-reactive ketones (excluding diaryl/α,β-unsaturated/α-hetero) is 1. The Morgan fingerprint density at radius 1 is 1.50 bits per heavy atom. The van der Waals surface area contributed by atoms with E-state index < -0.39 is 0 Å². The van der Waals surface area contributed by atoms with Gasteiger partial charge >= 0.3 is 0 Å². The lowest BCUT2D eigenvalue weighted by Crippen LogP contribution is -2.31. The van der Waals surface area contributed by atoms with Crippen LogP contribution in [0.25, 0.3) is 0 Å². The van der Waals surface area contributed by atoms with E-state index in [0.29, 0.717) is 12.2 Å². The zero-order valence-corrected chi connectivity index (χ0v) is 10.0. The molecule has 0 aliphatic carbocycles. The number of aryl methyl sites for hydroxylation is 1. The quantitative estimate of drug-likeness (QED) is 0.840. The number of benzene rings is 1. The molecule has 1 aliphatic heterocycles. The molecule has 86 valence electrons. The Labute approximate surface area is 97.1 Å². The Bertz CT molecular complexity index is 391. The van der Waals surface area contributed by atoms with Crippen LogP contribution in [0.1, 0.15) is 24.5 Å². The minimum Gasteiger partial charge on any atom is -0.316 e. The topological polar surface area (TPSA) is 29.1 Å². The van der Waals surface area contributed by atoms with Crippen LogP contribution in [-0.4, -0.2) is 18.9 Å². The molecular formula is C14H19NO. The maximum absolute atomic E-state index is 12.2. The minimum absolute atomic E-state index is 0.149. The molecule has 1 fully saturated rings. The van der Waals surface area contributed by atoms with Gasteiger partial charge in [0.15, 0.2) is 0 Å². The van der Waals surface area contributed by atoms with E-state index in [1.54, 1.807) is 0 Å². The lowest BCUT2D eigenvalue weighted by atomic mass is 9.82. The van der Waals surface area contributed by atoms with Gasteiger partial charge in [-0.05, 0) is 25.5 Å². The van der Waals surface area contributed by atoms with Gasteiger partial charge in [-0.2, -0.15) is 0 Å². The number of nitrogens with one attached hydrogen (secondary N) is 1. The van der Waals surface area contributed by atoms with Gasteiger partial charge in [-0.1, -0.05) is 36.8 Å². The number of hydrogen-bond donors (Lipinski definition) is 1. The molecule has 1 atom stereocenters. The molecule has 1 saturated heterocycles. The molecule has 0 spiro atoms. The molecule has 1 unspecified atom stereocenters. The van der Waals surface area contributed by atoms with Crippen LogP contribution in [0.2, 0.25) is 0 Å². The van der Waals surface area contributed by atoms with Gasteiger partial charge in [-0.3, -0.25) is 4.79 Å². The smallest absolute Gasteiger partial charge is 0.144 e. The Hall–Kier alpha value is -1.15. The van der Waals surface area contributed by atoms with Crippen molar-refractivity contribution >= 4 is 5.78 Å². The second-order valence-corrected chi connectivity index (χ2v) is 5.08. The Morgan fingerprint density at radius 2 is 2.31 bits per heavy atom. The first kappa shape index (κ1) is 11.3. The van der Waals surface area contributed by atoms with Gasteiger partial charge in [-0.25, -0.2) is 0 Å². The van der Waals surface area contributed by atoms with Crippen molar-refractivity contribution in [3.05, 3.63) is 35.4 Å². The number of hydrogen-bond acceptors (Lipinski definition) is 2. The third-order valence-corrected chi connectivity index (χ3v) is 3.49. The van der Waals surface area contributed by atoms with E-state index in [1.807, 2.05) is 12.1 Å². The molecule has 0 radical (unpaired) electrons. The molecule has 0 saturated carbocycles. The largest absolute Gasteiger partial charge is 0.316 e. The van der Waals surface area contributed by atoms with Gasteiger partial charge in [0.1, 0.15) is 5.78 Å². The van der Waals surface area contributed by atoms with E-state index in [4.69, 9.17) is 0 Å². The average Bonchev–Trinajstić information content (AvgIpc) is 2.66. The molecule has 2 nitrogen and oxygen atoms in total. The molecule has 2 heteroatoms. The summed E-state index contributed by atoms with van der Waals surface area (Å²) in [7, 11) is 0. The molecule has 1 aromatic rings. The van der Waals surface area contributed by atoms with E-state index in [-0.39, 0.29) is 5.41 Å². The SMILES string of the molecule is Cc1cccc(CC(=O)C2(C)CCNC2)c1. The normalized spacial score (nSPS) is 24.6. The highest BCUT2D eigenvalue weighted by Crippen LogP contribution is 2.27. The fourth-order valence-corrected chi connectivity index (χ4v) is 2.28. The summed E-state index contributed by atoms with van der Waals surface area (Å²) >= 11 is 0. The van der Waals surface area contributed by atoms with Gasteiger partial charge in [0, 0.05) is 18.4 Å². The van der Waals surface area contributed by atoms with Crippen molar-refractivity contribution in [1.29, 1.82) is 0 Å². The Morgan fingerprint density at radius 3 is 2.94 bits per heavy atom. The minimum atomic E-state index is -0.149. The third kappa shape index (κ3) is 2.33. The standard InChI is InChI=1S/C14H19NO/c1-11-4-3-5-12(8-11)9-13(16)14(2)6-7-15-10-14/h3-5,8,15H,6-7,9-10H2,1-2H3. The van der Waals surface area contributed by atoms with Crippen LogP contribution >= 0.6 is 0 Å². The van der Waals surface area contributed by atoms with Crippen molar-refractivity contribution in [2.45, 2.75) is 26.7 Å². The zero-order chi connectivity index (χ0) is 11.6. The Kier molecular flexibility index (Phi) is 3.10. The molecule has 0 amide bonds. The lowest BCUT2D eigenvalue weighted by molar-refractivity contribution is -0.126. The molecule has 0 bridgehead atoms. The molecule has 2 rings (SSSR count). The first-order chi connectivity index (χ1) is 7.60. The van der Waals surface area contributed by atoms with Gasteiger partial charge in [0.25, 0.3) is 0 Å². The van der Waals surface area contributed by atoms with Crippen LogP contribution in [0, 0.1) is 12.3 Å². The van der Waals surface area contributed by atoms with Crippen molar-refractivity contribution in [3.63, 3.8) is 0 Å². The van der Waals surface area contributed by atoms with E-state index in [0.717, 1.165) is 25.1 Å². The summed E-state index contributed by atoms with van der Waals surface area (Å²) in [5.74, 6) is 0.364. The summed E-state index contributed by atoms with van der Waals surface area (Å²) in [6.07, 6.45) is 1.54. The van der Waals surface area contributed by atoms with Crippen molar-refractivity contribution in [2.75, 3.05) is 13.1 Å². The summed E-state index contributed by atoms with van der Waals surface area (Å²) in [6, 6.07) is 8.22. The molecule has 1 N–H and O–H groups in total. The first-order valence-corrected chi connectivity index (χ1v) is 5.90. The molecule has 0 aromatic heterocycles. The van der Waals surface area contributed by atoms with Crippen LogP contribution in [0.5, 0.6) is 0 Å². The first-order valence-electron chi connectivity index (χ1n) is 5.90. The van der Waals surface area contributed by atoms with Crippen LogP contribution in [0.15, 0.2) is 24.3 Å². The fraction of sp³-hybridized carbons (Fsp3) is 0.500. The van der Waals surface area contributed by atoms with Gasteiger partial charge in [0.05, 0.1) is 0 Å². The van der Waals surface area contributed by atoms with Crippen LogP contribution in [0.4, 0.5) is 0 Å². The summed E-state index contributed by atoms with van der Waals surface area (Å²) in [4.78, 5) is 12.2. The Balaban J connectivity index is 2.07. The van der Waals surface area contributed by atoms with E-state index >= 15 is 0 Å². The number of carbonyl (C=O) groups excluding carboxylic acids is 1. The predicted octanol–water partition coefficient (Wildman–Crippen LogP) is 2.11. The van der Waals surface area contributed by atoms with Crippen LogP contribution in [-0.2, 0) is 11.2 Å². The summed E-state index contributed by atoms with van der Waals surface area (Å²) in [5, 5.41) is 3.27. The zero-order valence-electron chi connectivity index (χ0n) is 10.0. The van der Waals surface area contributed by atoms with Crippen LogP contribution < -0.4 is 5.32 Å². The summed E-state index contributed by atoms with van der Waals surface area (Å²) < 4.78 is 0. The van der Waals surface area contributed by atoms with E-state index in [9.17, 15) is 4.79 Å². The van der Waals surface area contributed by atoms with Gasteiger partial charge in [-0.15, -0.1) is 0 Å². The number of ketones is 1. The fourth-order valence-electron chi connectivity index (χ4n) is 2.28. The van der Waals surface area contributed by atoms with Crippen molar-refractivity contribution < 1.29 is 4.79 Å². The third-order valence-electron chi connectivity index (χ3n) is 3.49. The monoisotopic (exact) mass is 217 g/mol. The maximum atomic E-state index is 12.2. The van der Waals surface area contributed by atoms with Gasteiger partial charge < -0.3 is 5.32 Å². The van der Waals surface area contributed by atoms with E-state index in [1.165, 1.54) is 5.56 Å². The van der Waals surface area contributed by atoms with E-state index in [2.05, 4.69) is 31.3 Å². The highest BCUT2D eigenvalue weighted by atomic mass is 16.1. The summed E-state index contributed by atoms with van der Waals surface area (Å²) in [6.45, 7) is 5.94. The van der Waals surface area contributed by atoms with Crippen molar-refractivity contribution in [3.8, 4) is 0 Å². The molecule has 1 aliphatic rings. The molecule has 1 aromatic carbocycles. The molecule has 16 heavy (non-hydrogen) atoms. The second kappa shape index (κ2) is 4.38. The highest BCUT2D eigenvalue weighted by molar-refractivity contribution is 5.87. The molecular weight excluding hydrogens is 198 g/mol. The van der Waals surface area contributed by atoms with Gasteiger partial charge in [0.2, 0.25) is 0 Å². The number of carbonyl (C=O) groups is 1. The summed E-state index contributed by atoms with van der Waals surface area (Å²) in [5.41, 5.74) is 2.21. The van der Waals surface area contributed by atoms with Crippen molar-refractivity contribution in [1.82, 2.24) is 5.32 Å². The molecule has 1 heterocycles. The van der Waals surface area contributed by atoms with Crippen LogP contribution in [0.3, 0.4) is 0 Å². The second-order valence-electron chi connectivity index (χ2n) is 5.08. The lowest BCUT2D eigenvalue weighted by Gasteiger charge is -2.20. The highest BCUT2D eigenvalue weighted by Gasteiger charge is 2.35. The maximum Gasteiger partial charge on any atom is 0.144 e. The number of rotatable bonds is 3. The predicted molar refractivity (Wildman–Crippen MR) is 65.5 cm³/mol. The van der Waals surface area contributed by atoms with Crippen molar-refractivity contribution in [2.24, 2.45) is 5.41 Å².